The zero-order valence-electron chi connectivity index (χ0n) is 13.8. The molecule has 1 aromatic heterocycles. The van der Waals surface area contributed by atoms with Crippen LogP contribution in [0.25, 0.3) is 11.0 Å². The van der Waals surface area contributed by atoms with Crippen LogP contribution in [0.15, 0.2) is 33.5 Å². The number of fused-ring (bicyclic) bond motifs is 1. The second-order valence-corrected chi connectivity index (χ2v) is 8.05. The first-order valence-corrected chi connectivity index (χ1v) is 9.25. The highest BCUT2D eigenvalue weighted by Gasteiger charge is 2.16. The smallest absolute Gasteiger partial charge is 0.336 e. The van der Waals surface area contributed by atoms with Gasteiger partial charge in [0.05, 0.1) is 5.75 Å². The molecule has 5 nitrogen and oxygen atoms in total. The Bertz CT molecular complexity index is 847. The minimum atomic E-state index is -3.65. The van der Waals surface area contributed by atoms with Gasteiger partial charge in [0, 0.05) is 17.5 Å². The molecule has 2 rings (SSSR count). The summed E-state index contributed by atoms with van der Waals surface area (Å²) >= 11 is 0. The highest BCUT2D eigenvalue weighted by Crippen LogP contribution is 2.27. The van der Waals surface area contributed by atoms with Crippen molar-refractivity contribution in [1.82, 2.24) is 0 Å². The zero-order valence-corrected chi connectivity index (χ0v) is 14.6. The Morgan fingerprint density at radius 1 is 1.13 bits per heavy atom. The van der Waals surface area contributed by atoms with Crippen molar-refractivity contribution in [3.63, 3.8) is 0 Å². The van der Waals surface area contributed by atoms with Gasteiger partial charge in [-0.2, -0.15) is 8.42 Å². The molecule has 0 saturated carbocycles. The van der Waals surface area contributed by atoms with Gasteiger partial charge < -0.3 is 8.60 Å². The van der Waals surface area contributed by atoms with E-state index in [0.717, 1.165) is 10.9 Å². The molecule has 1 heterocycles. The van der Waals surface area contributed by atoms with Crippen LogP contribution in [0.5, 0.6) is 5.75 Å². The van der Waals surface area contributed by atoms with Crippen LogP contribution in [-0.4, -0.2) is 14.2 Å². The molecule has 2 aromatic rings. The maximum Gasteiger partial charge on any atom is 0.336 e. The van der Waals surface area contributed by atoms with E-state index in [1.807, 2.05) is 27.7 Å². The van der Waals surface area contributed by atoms with Crippen LogP contribution in [0.1, 0.15) is 45.6 Å². The lowest BCUT2D eigenvalue weighted by molar-refractivity contribution is 0.476. The molecule has 0 aliphatic carbocycles. The van der Waals surface area contributed by atoms with Crippen molar-refractivity contribution in [2.24, 2.45) is 5.92 Å². The number of rotatable bonds is 6. The first-order chi connectivity index (χ1) is 10.7. The summed E-state index contributed by atoms with van der Waals surface area (Å²) in [6.45, 7) is 7.87. The molecule has 1 aromatic carbocycles. The molecule has 0 atom stereocenters. The fourth-order valence-electron chi connectivity index (χ4n) is 2.27. The third-order valence-electron chi connectivity index (χ3n) is 3.54. The summed E-state index contributed by atoms with van der Waals surface area (Å²) in [7, 11) is -3.65. The maximum atomic E-state index is 12.0. The molecular weight excluding hydrogens is 316 g/mol. The summed E-state index contributed by atoms with van der Waals surface area (Å²) in [5.41, 5.74) is 0.740. The van der Waals surface area contributed by atoms with E-state index in [2.05, 4.69) is 0 Å². The van der Waals surface area contributed by atoms with Gasteiger partial charge in [-0.3, -0.25) is 0 Å². The van der Waals surface area contributed by atoms with E-state index in [9.17, 15) is 13.2 Å². The van der Waals surface area contributed by atoms with Crippen molar-refractivity contribution in [3.8, 4) is 5.75 Å². The van der Waals surface area contributed by atoms with Crippen molar-refractivity contribution >= 4 is 21.1 Å². The third-order valence-corrected chi connectivity index (χ3v) is 4.72. The van der Waals surface area contributed by atoms with Crippen molar-refractivity contribution in [3.05, 3.63) is 40.2 Å². The third kappa shape index (κ3) is 4.58. The molecule has 0 radical (unpaired) electrons. The monoisotopic (exact) mass is 338 g/mol. The average Bonchev–Trinajstić information content (AvgIpc) is 2.43. The number of hydrogen-bond donors (Lipinski definition) is 0. The van der Waals surface area contributed by atoms with Crippen LogP contribution in [-0.2, 0) is 10.1 Å². The van der Waals surface area contributed by atoms with Crippen molar-refractivity contribution < 1.29 is 17.0 Å². The predicted molar refractivity (Wildman–Crippen MR) is 90.4 cm³/mol. The van der Waals surface area contributed by atoms with E-state index in [4.69, 9.17) is 8.60 Å². The molecule has 0 saturated heterocycles. The van der Waals surface area contributed by atoms with E-state index in [1.54, 1.807) is 12.1 Å². The largest absolute Gasteiger partial charge is 0.423 e. The lowest BCUT2D eigenvalue weighted by Gasteiger charge is -2.11. The highest BCUT2D eigenvalue weighted by molar-refractivity contribution is 7.87. The molecule has 0 bridgehead atoms. The summed E-state index contributed by atoms with van der Waals surface area (Å²) in [6, 6.07) is 6.23. The fraction of sp³-hybridized carbons (Fsp3) is 0.471. The molecule has 0 N–H and O–H groups in total. The highest BCUT2D eigenvalue weighted by atomic mass is 32.2. The minimum Gasteiger partial charge on any atom is -0.423 e. The number of benzene rings is 1. The van der Waals surface area contributed by atoms with E-state index < -0.39 is 15.7 Å². The Hall–Kier alpha value is -1.82. The van der Waals surface area contributed by atoms with Crippen LogP contribution < -0.4 is 9.81 Å². The Morgan fingerprint density at radius 2 is 1.83 bits per heavy atom. The molecule has 0 aliphatic rings. The van der Waals surface area contributed by atoms with E-state index in [-0.39, 0.29) is 23.3 Å². The molecule has 0 amide bonds. The Kier molecular flexibility index (Phi) is 5.14. The van der Waals surface area contributed by atoms with E-state index in [1.165, 1.54) is 12.1 Å². The standard InChI is InChI=1S/C17H22O5S/c1-11(2)7-8-23(19,20)22-13-5-6-14-15(12(3)4)10-17(18)21-16(14)9-13/h5-6,9-12H,7-8H2,1-4H3. The van der Waals surface area contributed by atoms with Gasteiger partial charge in [0.2, 0.25) is 0 Å². The van der Waals surface area contributed by atoms with Crippen LogP contribution in [0, 0.1) is 5.92 Å². The summed E-state index contributed by atoms with van der Waals surface area (Å²) in [5.74, 6) is 0.545. The van der Waals surface area contributed by atoms with Gasteiger partial charge in [-0.25, -0.2) is 4.79 Å². The zero-order chi connectivity index (χ0) is 17.2. The Balaban J connectivity index is 2.36. The fourth-order valence-corrected chi connectivity index (χ4v) is 3.51. The van der Waals surface area contributed by atoms with Gasteiger partial charge in [-0.05, 0) is 36.0 Å². The first-order valence-electron chi connectivity index (χ1n) is 7.68. The lowest BCUT2D eigenvalue weighted by Crippen LogP contribution is -2.15. The SMILES string of the molecule is CC(C)CCS(=O)(=O)Oc1ccc2c(C(C)C)cc(=O)oc2c1. The van der Waals surface area contributed by atoms with Crippen LogP contribution >= 0.6 is 0 Å². The Morgan fingerprint density at radius 3 is 2.43 bits per heavy atom. The van der Waals surface area contributed by atoms with Crippen LogP contribution in [0.4, 0.5) is 0 Å². The topological polar surface area (TPSA) is 73.6 Å². The maximum absolute atomic E-state index is 12.0. The van der Waals surface area contributed by atoms with Gasteiger partial charge in [0.15, 0.2) is 0 Å². The second-order valence-electron chi connectivity index (χ2n) is 6.36. The quantitative estimate of drug-likeness (QED) is 0.593. The molecule has 0 unspecified atom stereocenters. The minimum absolute atomic E-state index is 0.0430. The van der Waals surface area contributed by atoms with Crippen molar-refractivity contribution in [2.45, 2.75) is 40.0 Å². The van der Waals surface area contributed by atoms with Crippen LogP contribution in [0.2, 0.25) is 0 Å². The molecule has 0 aliphatic heterocycles. The molecule has 0 fully saturated rings. The van der Waals surface area contributed by atoms with Gasteiger partial charge >= 0.3 is 15.7 Å². The average molecular weight is 338 g/mol. The molecule has 23 heavy (non-hydrogen) atoms. The van der Waals surface area contributed by atoms with Gasteiger partial charge in [0.25, 0.3) is 0 Å². The first kappa shape index (κ1) is 17.5. The molecule has 126 valence electrons. The Labute approximate surface area is 136 Å². The predicted octanol–water partition coefficient (Wildman–Crippen LogP) is 3.67. The molecule has 0 spiro atoms. The second kappa shape index (κ2) is 6.74. The van der Waals surface area contributed by atoms with E-state index >= 15 is 0 Å². The van der Waals surface area contributed by atoms with Crippen LogP contribution in [0.3, 0.4) is 0 Å². The van der Waals surface area contributed by atoms with Crippen molar-refractivity contribution in [1.29, 1.82) is 0 Å². The summed E-state index contributed by atoms with van der Waals surface area (Å²) in [6.07, 6.45) is 0.530. The lowest BCUT2D eigenvalue weighted by atomic mass is 10.00. The molecular formula is C17H22O5S. The summed E-state index contributed by atoms with van der Waals surface area (Å²) in [5, 5.41) is 0.784. The van der Waals surface area contributed by atoms with Gasteiger partial charge in [-0.1, -0.05) is 27.7 Å². The van der Waals surface area contributed by atoms with Crippen molar-refractivity contribution in [2.75, 3.05) is 5.75 Å². The summed E-state index contributed by atoms with van der Waals surface area (Å²) in [4.78, 5) is 11.7. The van der Waals surface area contributed by atoms with Gasteiger partial charge in [0.1, 0.15) is 11.3 Å². The van der Waals surface area contributed by atoms with E-state index in [0.29, 0.717) is 12.0 Å². The van der Waals surface area contributed by atoms with Gasteiger partial charge in [-0.15, -0.1) is 0 Å². The normalized spacial score (nSPS) is 12.3. The number of hydrogen-bond acceptors (Lipinski definition) is 5. The molecule has 6 heteroatoms. The summed E-state index contributed by atoms with van der Waals surface area (Å²) < 4.78 is 34.2.